The molecule has 2 aromatic carbocycles. The molecule has 0 radical (unpaired) electrons. The standard InChI is InChI=1S/C15H9BrClF3O/c16-12(9-1-2-11(18)14(20)13(9)19)10-6-8(17)5-7-3-4-21-15(7)10/h1-2,5-6,12H,3-4H2. The minimum atomic E-state index is -1.49. The van der Waals surface area contributed by atoms with Crippen molar-refractivity contribution in [1.29, 1.82) is 0 Å². The van der Waals surface area contributed by atoms with Crippen LogP contribution in [0.4, 0.5) is 13.2 Å². The van der Waals surface area contributed by atoms with Gasteiger partial charge in [0.05, 0.1) is 11.4 Å². The normalized spacial score (nSPS) is 14.7. The molecular formula is C15H9BrClF3O. The average molecular weight is 378 g/mol. The molecule has 21 heavy (non-hydrogen) atoms. The number of alkyl halides is 1. The molecule has 2 aromatic rings. The van der Waals surface area contributed by atoms with Crippen LogP contribution in [0.3, 0.4) is 0 Å². The fourth-order valence-electron chi connectivity index (χ4n) is 2.39. The molecule has 1 aliphatic heterocycles. The lowest BCUT2D eigenvalue weighted by molar-refractivity contribution is 0.353. The Morgan fingerprint density at radius 1 is 1.10 bits per heavy atom. The second-order valence-electron chi connectivity index (χ2n) is 4.71. The lowest BCUT2D eigenvalue weighted by atomic mass is 10.0. The molecule has 1 atom stereocenters. The van der Waals surface area contributed by atoms with Crippen LogP contribution in [0.5, 0.6) is 5.75 Å². The van der Waals surface area contributed by atoms with Crippen molar-refractivity contribution in [2.24, 2.45) is 0 Å². The van der Waals surface area contributed by atoms with Gasteiger partial charge in [-0.25, -0.2) is 13.2 Å². The lowest BCUT2D eigenvalue weighted by Crippen LogP contribution is -2.03. The smallest absolute Gasteiger partial charge is 0.194 e. The van der Waals surface area contributed by atoms with Crippen LogP contribution in [-0.2, 0) is 6.42 Å². The van der Waals surface area contributed by atoms with E-state index in [9.17, 15) is 13.2 Å². The van der Waals surface area contributed by atoms with Gasteiger partial charge in [0.2, 0.25) is 0 Å². The van der Waals surface area contributed by atoms with Crippen molar-refractivity contribution in [3.8, 4) is 5.75 Å². The van der Waals surface area contributed by atoms with Gasteiger partial charge in [0.25, 0.3) is 0 Å². The summed E-state index contributed by atoms with van der Waals surface area (Å²) in [6.45, 7) is 0.517. The minimum Gasteiger partial charge on any atom is -0.493 e. The maximum Gasteiger partial charge on any atom is 0.194 e. The molecule has 3 rings (SSSR count). The highest BCUT2D eigenvalue weighted by atomic mass is 79.9. The second-order valence-corrected chi connectivity index (χ2v) is 6.06. The highest BCUT2D eigenvalue weighted by Crippen LogP contribution is 2.43. The van der Waals surface area contributed by atoms with Crippen LogP contribution in [0.25, 0.3) is 0 Å². The van der Waals surface area contributed by atoms with Crippen LogP contribution < -0.4 is 4.74 Å². The quantitative estimate of drug-likeness (QED) is 0.518. The summed E-state index contributed by atoms with van der Waals surface area (Å²) in [7, 11) is 0. The van der Waals surface area contributed by atoms with Crippen molar-refractivity contribution < 1.29 is 17.9 Å². The Hall–Kier alpha value is -1.20. The first kappa shape index (κ1) is 14.7. The summed E-state index contributed by atoms with van der Waals surface area (Å²) >= 11 is 9.38. The van der Waals surface area contributed by atoms with Crippen LogP contribution >= 0.6 is 27.5 Å². The number of fused-ring (bicyclic) bond motifs is 1. The van der Waals surface area contributed by atoms with Crippen molar-refractivity contribution >= 4 is 27.5 Å². The SMILES string of the molecule is Fc1ccc(C(Br)c2cc(Cl)cc3c2OCC3)c(F)c1F. The van der Waals surface area contributed by atoms with Crippen LogP contribution in [0, 0.1) is 17.5 Å². The topological polar surface area (TPSA) is 9.23 Å². The molecule has 0 aliphatic carbocycles. The fraction of sp³-hybridized carbons (Fsp3) is 0.200. The molecule has 0 N–H and O–H groups in total. The van der Waals surface area contributed by atoms with E-state index in [-0.39, 0.29) is 5.56 Å². The van der Waals surface area contributed by atoms with E-state index in [2.05, 4.69) is 15.9 Å². The van der Waals surface area contributed by atoms with Crippen molar-refractivity contribution in [3.05, 3.63) is 63.4 Å². The zero-order valence-corrected chi connectivity index (χ0v) is 12.9. The minimum absolute atomic E-state index is 0.00568. The molecule has 0 spiro atoms. The number of halogens is 5. The first-order chi connectivity index (χ1) is 9.99. The molecule has 110 valence electrons. The molecule has 0 aromatic heterocycles. The molecule has 1 aliphatic rings. The zero-order chi connectivity index (χ0) is 15.1. The molecule has 1 nitrogen and oxygen atoms in total. The van der Waals surface area contributed by atoms with Crippen molar-refractivity contribution in [2.45, 2.75) is 11.2 Å². The predicted octanol–water partition coefficient (Wildman–Crippen LogP) is 5.18. The van der Waals surface area contributed by atoms with Gasteiger partial charge in [0.15, 0.2) is 17.5 Å². The third-order valence-electron chi connectivity index (χ3n) is 3.39. The van der Waals surface area contributed by atoms with E-state index >= 15 is 0 Å². The Balaban J connectivity index is 2.12. The van der Waals surface area contributed by atoms with E-state index in [0.29, 0.717) is 29.4 Å². The third-order valence-corrected chi connectivity index (χ3v) is 4.59. The molecule has 0 bridgehead atoms. The summed E-state index contributed by atoms with van der Waals surface area (Å²) in [5.41, 5.74) is 1.51. The van der Waals surface area contributed by atoms with Gasteiger partial charge in [0, 0.05) is 22.6 Å². The highest BCUT2D eigenvalue weighted by Gasteiger charge is 2.26. The van der Waals surface area contributed by atoms with E-state index < -0.39 is 22.3 Å². The number of benzene rings is 2. The largest absolute Gasteiger partial charge is 0.493 e. The number of hydrogen-bond acceptors (Lipinski definition) is 1. The van der Waals surface area contributed by atoms with E-state index in [1.807, 2.05) is 0 Å². The number of rotatable bonds is 2. The molecule has 0 fully saturated rings. The summed E-state index contributed by atoms with van der Waals surface area (Å²) in [6, 6.07) is 5.52. The van der Waals surface area contributed by atoms with E-state index in [4.69, 9.17) is 16.3 Å². The summed E-state index contributed by atoms with van der Waals surface area (Å²) in [5.74, 6) is -3.31. The molecular weight excluding hydrogens is 369 g/mol. The van der Waals surface area contributed by atoms with Gasteiger partial charge in [-0.3, -0.25) is 0 Å². The maximum absolute atomic E-state index is 13.9. The fourth-order valence-corrected chi connectivity index (χ4v) is 3.33. The Labute approximate surface area is 132 Å². The maximum atomic E-state index is 13.9. The van der Waals surface area contributed by atoms with Gasteiger partial charge in [0.1, 0.15) is 5.75 Å². The summed E-state index contributed by atoms with van der Waals surface area (Å²) in [5, 5.41) is 0.488. The van der Waals surface area contributed by atoms with Gasteiger partial charge in [-0.05, 0) is 23.8 Å². The van der Waals surface area contributed by atoms with Crippen LogP contribution in [0.2, 0.25) is 5.02 Å². The Morgan fingerprint density at radius 2 is 1.86 bits per heavy atom. The molecule has 0 amide bonds. The van der Waals surface area contributed by atoms with Crippen molar-refractivity contribution in [3.63, 3.8) is 0 Å². The summed E-state index contributed by atoms with van der Waals surface area (Å²) < 4.78 is 45.9. The van der Waals surface area contributed by atoms with Gasteiger partial charge in [-0.2, -0.15) is 0 Å². The molecule has 0 saturated carbocycles. The van der Waals surface area contributed by atoms with E-state index in [0.717, 1.165) is 11.6 Å². The average Bonchev–Trinajstić information content (AvgIpc) is 2.91. The summed E-state index contributed by atoms with van der Waals surface area (Å²) in [4.78, 5) is -0.682. The highest BCUT2D eigenvalue weighted by molar-refractivity contribution is 9.09. The molecule has 1 heterocycles. The zero-order valence-electron chi connectivity index (χ0n) is 10.6. The lowest BCUT2D eigenvalue weighted by Gasteiger charge is -2.16. The predicted molar refractivity (Wildman–Crippen MR) is 77.7 cm³/mol. The van der Waals surface area contributed by atoms with Crippen LogP contribution in [-0.4, -0.2) is 6.61 Å². The Kier molecular flexibility index (Phi) is 3.88. The van der Waals surface area contributed by atoms with E-state index in [1.165, 1.54) is 6.07 Å². The number of ether oxygens (including phenoxy) is 1. The Bertz CT molecular complexity index is 721. The van der Waals surface area contributed by atoms with Crippen LogP contribution in [0.15, 0.2) is 24.3 Å². The van der Waals surface area contributed by atoms with Gasteiger partial charge < -0.3 is 4.74 Å². The number of hydrogen-bond donors (Lipinski definition) is 0. The first-order valence-electron chi connectivity index (χ1n) is 6.21. The Morgan fingerprint density at radius 3 is 2.62 bits per heavy atom. The molecule has 1 unspecified atom stereocenters. The van der Waals surface area contributed by atoms with Crippen LogP contribution in [0.1, 0.15) is 21.5 Å². The molecule has 0 saturated heterocycles. The third kappa shape index (κ3) is 2.53. The van der Waals surface area contributed by atoms with Crippen molar-refractivity contribution in [2.75, 3.05) is 6.61 Å². The monoisotopic (exact) mass is 376 g/mol. The van der Waals surface area contributed by atoms with Gasteiger partial charge in [-0.15, -0.1) is 0 Å². The van der Waals surface area contributed by atoms with Crippen molar-refractivity contribution in [1.82, 2.24) is 0 Å². The summed E-state index contributed by atoms with van der Waals surface area (Å²) in [6.07, 6.45) is 0.711. The van der Waals surface area contributed by atoms with Gasteiger partial charge in [-0.1, -0.05) is 33.6 Å². The van der Waals surface area contributed by atoms with Gasteiger partial charge >= 0.3 is 0 Å². The second kappa shape index (κ2) is 5.54. The molecule has 6 heteroatoms. The van der Waals surface area contributed by atoms with E-state index in [1.54, 1.807) is 12.1 Å². The first-order valence-corrected chi connectivity index (χ1v) is 7.51.